The minimum absolute atomic E-state index is 0.107. The summed E-state index contributed by atoms with van der Waals surface area (Å²) in [6, 6.07) is 17.4. The SMILES string of the molecule is COc1cc(OC)c([C@@H]2[C@H]3C(=O)N(c4ccccc4F)C(=O)[C@@H]3ON2c2ccccc2)cc1OC. The second-order valence-electron chi connectivity index (χ2n) is 8.07. The first kappa shape index (κ1) is 22.7. The molecule has 0 spiro atoms. The van der Waals surface area contributed by atoms with Gasteiger partial charge in [0.1, 0.15) is 23.5 Å². The second-order valence-corrected chi connectivity index (χ2v) is 8.07. The Bertz CT molecular complexity index is 1280. The Morgan fingerprint density at radius 2 is 1.43 bits per heavy atom. The van der Waals surface area contributed by atoms with Crippen LogP contribution < -0.4 is 24.2 Å². The number of amides is 2. The third-order valence-corrected chi connectivity index (χ3v) is 6.27. The minimum Gasteiger partial charge on any atom is -0.496 e. The molecule has 0 N–H and O–H groups in total. The summed E-state index contributed by atoms with van der Waals surface area (Å²) in [6.07, 6.45) is -1.15. The van der Waals surface area contributed by atoms with E-state index in [-0.39, 0.29) is 5.69 Å². The van der Waals surface area contributed by atoms with E-state index in [0.29, 0.717) is 28.5 Å². The maximum Gasteiger partial charge on any atom is 0.266 e. The molecule has 0 radical (unpaired) electrons. The van der Waals surface area contributed by atoms with Gasteiger partial charge < -0.3 is 14.2 Å². The van der Waals surface area contributed by atoms with E-state index in [9.17, 15) is 14.0 Å². The van der Waals surface area contributed by atoms with E-state index in [0.717, 1.165) is 4.90 Å². The number of rotatable bonds is 6. The van der Waals surface area contributed by atoms with Gasteiger partial charge in [0.2, 0.25) is 5.91 Å². The summed E-state index contributed by atoms with van der Waals surface area (Å²) in [7, 11) is 4.51. The zero-order valence-electron chi connectivity index (χ0n) is 19.3. The van der Waals surface area contributed by atoms with Gasteiger partial charge in [-0.15, -0.1) is 0 Å². The molecule has 0 aromatic heterocycles. The molecule has 2 aliphatic rings. The molecule has 2 amide bonds. The van der Waals surface area contributed by atoms with Crippen molar-refractivity contribution in [3.05, 3.63) is 78.1 Å². The standard InChI is InChI=1S/C26H23FN2O6/c1-32-19-14-21(34-3)20(33-2)13-16(19)23-22-24(35-29(23)15-9-5-4-6-10-15)26(31)28(25(22)30)18-12-8-7-11-17(18)27/h4-14,22-24H,1-3H3/t22-,23-,24-/m1/s1. The van der Waals surface area contributed by atoms with Gasteiger partial charge in [-0.1, -0.05) is 30.3 Å². The number of ether oxygens (including phenoxy) is 3. The molecule has 2 fully saturated rings. The first-order valence-electron chi connectivity index (χ1n) is 10.9. The number of fused-ring (bicyclic) bond motifs is 1. The number of para-hydroxylation sites is 2. The number of carbonyl (C=O) groups is 2. The lowest BCUT2D eigenvalue weighted by Crippen LogP contribution is -2.38. The highest BCUT2D eigenvalue weighted by Crippen LogP contribution is 2.51. The number of halogens is 1. The van der Waals surface area contributed by atoms with Gasteiger partial charge in [0.25, 0.3) is 5.91 Å². The van der Waals surface area contributed by atoms with E-state index >= 15 is 0 Å². The van der Waals surface area contributed by atoms with E-state index in [4.69, 9.17) is 19.0 Å². The molecular weight excluding hydrogens is 455 g/mol. The van der Waals surface area contributed by atoms with Crippen molar-refractivity contribution in [2.45, 2.75) is 12.1 Å². The average Bonchev–Trinajstić information content (AvgIpc) is 3.39. The molecule has 5 rings (SSSR count). The molecule has 3 aromatic rings. The Morgan fingerprint density at radius 1 is 0.800 bits per heavy atom. The van der Waals surface area contributed by atoms with E-state index in [2.05, 4.69) is 0 Å². The molecule has 2 saturated heterocycles. The quantitative estimate of drug-likeness (QED) is 0.498. The molecule has 0 saturated carbocycles. The highest BCUT2D eigenvalue weighted by atomic mass is 19.1. The van der Waals surface area contributed by atoms with Crippen molar-refractivity contribution in [3.63, 3.8) is 0 Å². The average molecular weight is 478 g/mol. The maximum absolute atomic E-state index is 14.6. The van der Waals surface area contributed by atoms with Crippen LogP contribution >= 0.6 is 0 Å². The number of carbonyl (C=O) groups excluding carboxylic acids is 2. The van der Waals surface area contributed by atoms with Gasteiger partial charge in [0.15, 0.2) is 17.6 Å². The van der Waals surface area contributed by atoms with Crippen molar-refractivity contribution in [1.82, 2.24) is 0 Å². The number of methoxy groups -OCH3 is 3. The van der Waals surface area contributed by atoms with Crippen LogP contribution in [0.2, 0.25) is 0 Å². The summed E-state index contributed by atoms with van der Waals surface area (Å²) < 4.78 is 31.1. The summed E-state index contributed by atoms with van der Waals surface area (Å²) in [4.78, 5) is 34.1. The minimum atomic E-state index is -1.15. The summed E-state index contributed by atoms with van der Waals surface area (Å²) in [6.45, 7) is 0. The maximum atomic E-state index is 14.6. The van der Waals surface area contributed by atoms with Crippen LogP contribution in [-0.4, -0.2) is 39.2 Å². The third-order valence-electron chi connectivity index (χ3n) is 6.27. The summed E-state index contributed by atoms with van der Waals surface area (Å²) in [5.41, 5.74) is 1.09. The van der Waals surface area contributed by atoms with Crippen LogP contribution in [0.1, 0.15) is 11.6 Å². The van der Waals surface area contributed by atoms with Gasteiger partial charge in [-0.3, -0.25) is 14.4 Å². The third kappa shape index (κ3) is 3.55. The van der Waals surface area contributed by atoms with E-state index in [1.165, 1.54) is 44.6 Å². The molecule has 0 unspecified atom stereocenters. The van der Waals surface area contributed by atoms with Gasteiger partial charge in [0.05, 0.1) is 32.7 Å². The zero-order chi connectivity index (χ0) is 24.7. The van der Waals surface area contributed by atoms with Gasteiger partial charge in [0, 0.05) is 11.6 Å². The molecule has 9 heteroatoms. The number of benzene rings is 3. The van der Waals surface area contributed by atoms with Gasteiger partial charge >= 0.3 is 0 Å². The van der Waals surface area contributed by atoms with E-state index in [1.807, 2.05) is 30.3 Å². The highest BCUT2D eigenvalue weighted by molar-refractivity contribution is 6.24. The van der Waals surface area contributed by atoms with Crippen molar-refractivity contribution in [3.8, 4) is 17.2 Å². The van der Waals surface area contributed by atoms with Crippen LogP contribution in [0.25, 0.3) is 0 Å². The smallest absolute Gasteiger partial charge is 0.266 e. The lowest BCUT2D eigenvalue weighted by Gasteiger charge is -2.30. The number of nitrogens with zero attached hydrogens (tertiary/aromatic N) is 2. The molecule has 0 aliphatic carbocycles. The van der Waals surface area contributed by atoms with Gasteiger partial charge in [-0.25, -0.2) is 14.4 Å². The molecule has 35 heavy (non-hydrogen) atoms. The van der Waals surface area contributed by atoms with Crippen LogP contribution in [0.4, 0.5) is 15.8 Å². The number of hydroxylamine groups is 1. The predicted octanol–water partition coefficient (Wildman–Crippen LogP) is 3.90. The van der Waals surface area contributed by atoms with Crippen LogP contribution in [0.15, 0.2) is 66.7 Å². The van der Waals surface area contributed by atoms with Gasteiger partial charge in [-0.05, 0) is 30.3 Å². The number of imide groups is 1. The van der Waals surface area contributed by atoms with Crippen LogP contribution in [-0.2, 0) is 14.4 Å². The molecule has 2 aliphatic heterocycles. The lowest BCUT2D eigenvalue weighted by molar-refractivity contribution is -0.126. The van der Waals surface area contributed by atoms with E-state index in [1.54, 1.807) is 18.2 Å². The van der Waals surface area contributed by atoms with Crippen LogP contribution in [0, 0.1) is 11.7 Å². The summed E-state index contributed by atoms with van der Waals surface area (Å²) in [5, 5.41) is 1.54. The topological polar surface area (TPSA) is 77.5 Å². The fourth-order valence-electron chi connectivity index (χ4n) is 4.68. The monoisotopic (exact) mass is 478 g/mol. The molecule has 0 bridgehead atoms. The normalized spacial score (nSPS) is 21.3. The van der Waals surface area contributed by atoms with Crippen molar-refractivity contribution in [2.24, 2.45) is 5.92 Å². The number of anilines is 2. The van der Waals surface area contributed by atoms with Crippen molar-refractivity contribution in [1.29, 1.82) is 0 Å². The Balaban J connectivity index is 1.67. The molecule has 2 heterocycles. The summed E-state index contributed by atoms with van der Waals surface area (Å²) in [5.74, 6) is -1.55. The van der Waals surface area contributed by atoms with Gasteiger partial charge in [-0.2, -0.15) is 0 Å². The largest absolute Gasteiger partial charge is 0.496 e. The molecule has 3 aromatic carbocycles. The summed E-state index contributed by atoms with van der Waals surface area (Å²) >= 11 is 0. The lowest BCUT2D eigenvalue weighted by atomic mass is 9.89. The number of hydrogen-bond acceptors (Lipinski definition) is 7. The van der Waals surface area contributed by atoms with E-state index < -0.39 is 35.7 Å². The molecular formula is C26H23FN2O6. The van der Waals surface area contributed by atoms with Crippen molar-refractivity contribution < 1.29 is 33.0 Å². The second kappa shape index (κ2) is 8.92. The number of hydrogen-bond donors (Lipinski definition) is 0. The fraction of sp³-hybridized carbons (Fsp3) is 0.231. The Hall–Kier alpha value is -4.11. The Kier molecular flexibility index (Phi) is 5.78. The molecule has 180 valence electrons. The molecule has 8 nitrogen and oxygen atoms in total. The zero-order valence-corrected chi connectivity index (χ0v) is 19.3. The van der Waals surface area contributed by atoms with Crippen LogP contribution in [0.5, 0.6) is 17.2 Å². The van der Waals surface area contributed by atoms with Crippen molar-refractivity contribution >= 4 is 23.2 Å². The highest BCUT2D eigenvalue weighted by Gasteiger charge is 2.61. The Labute approximate surface area is 201 Å². The first-order chi connectivity index (χ1) is 17.0. The van der Waals surface area contributed by atoms with Crippen molar-refractivity contribution in [2.75, 3.05) is 31.3 Å². The Morgan fingerprint density at radius 3 is 2.09 bits per heavy atom. The molecule has 3 atom stereocenters. The first-order valence-corrected chi connectivity index (χ1v) is 10.9. The van der Waals surface area contributed by atoms with Crippen LogP contribution in [0.3, 0.4) is 0 Å². The predicted molar refractivity (Wildman–Crippen MR) is 125 cm³/mol. The fourth-order valence-corrected chi connectivity index (χ4v) is 4.68.